The van der Waals surface area contributed by atoms with Gasteiger partial charge in [-0.1, -0.05) is 132 Å². The quantitative estimate of drug-likeness (QED) is 0.0922. The van der Waals surface area contributed by atoms with Gasteiger partial charge in [0.2, 0.25) is 0 Å². The van der Waals surface area contributed by atoms with Crippen LogP contribution in [0.5, 0.6) is 0 Å². The van der Waals surface area contributed by atoms with E-state index < -0.39 is 10.1 Å². The molecule has 222 valence electrons. The molecular weight excluding hydrogens is 502 g/mol. The van der Waals surface area contributed by atoms with Crippen LogP contribution in [-0.2, 0) is 16.7 Å². The Bertz CT molecular complexity index is 938. The predicted molar refractivity (Wildman–Crippen MR) is 166 cm³/mol. The molecule has 2 rings (SSSR count). The van der Waals surface area contributed by atoms with Gasteiger partial charge in [-0.05, 0) is 45.7 Å². The van der Waals surface area contributed by atoms with Crippen LogP contribution in [0, 0.1) is 6.92 Å². The molecule has 5 heteroatoms. The van der Waals surface area contributed by atoms with E-state index in [1.54, 1.807) is 12.1 Å². The van der Waals surface area contributed by atoms with Crippen molar-refractivity contribution in [3.05, 3.63) is 65.7 Å². The van der Waals surface area contributed by atoms with Gasteiger partial charge in [-0.3, -0.25) is 0 Å². The normalized spacial score (nSPS) is 11.7. The number of aryl methyl sites for hydroxylation is 1. The molecular formula is C34H57NO3S. The molecule has 0 fully saturated rings. The minimum Gasteiger partial charge on any atom is -0.744 e. The average Bonchev–Trinajstić information content (AvgIpc) is 2.93. The van der Waals surface area contributed by atoms with E-state index >= 15 is 0 Å². The van der Waals surface area contributed by atoms with Crippen LogP contribution in [0.15, 0.2) is 59.5 Å². The fourth-order valence-electron chi connectivity index (χ4n) is 5.16. The average molecular weight is 560 g/mol. The number of benzene rings is 2. The van der Waals surface area contributed by atoms with Crippen LogP contribution in [0.25, 0.3) is 0 Å². The van der Waals surface area contributed by atoms with Crippen molar-refractivity contribution < 1.29 is 17.5 Å². The zero-order valence-electron chi connectivity index (χ0n) is 25.5. The molecule has 2 aromatic carbocycles. The maximum absolute atomic E-state index is 10.4. The minimum atomic E-state index is -4.27. The lowest BCUT2D eigenvalue weighted by atomic mass is 10.0. The van der Waals surface area contributed by atoms with Crippen LogP contribution in [0.3, 0.4) is 0 Å². The summed E-state index contributed by atoms with van der Waals surface area (Å²) in [7, 11) is -4.27. The molecule has 0 aliphatic heterocycles. The Balaban J connectivity index is 0.000000573. The second-order valence-electron chi connectivity index (χ2n) is 11.2. The molecule has 0 aromatic heterocycles. The lowest BCUT2D eigenvalue weighted by molar-refractivity contribution is -0.938. The summed E-state index contributed by atoms with van der Waals surface area (Å²) in [4.78, 5) is -0.178. The molecule has 0 bridgehead atoms. The lowest BCUT2D eigenvalue weighted by Gasteiger charge is -2.37. The van der Waals surface area contributed by atoms with E-state index in [0.29, 0.717) is 0 Å². The van der Waals surface area contributed by atoms with Crippen LogP contribution in [0.1, 0.15) is 122 Å². The Kier molecular flexibility index (Phi) is 19.1. The van der Waals surface area contributed by atoms with Gasteiger partial charge in [-0.25, -0.2) is 8.42 Å². The third-order valence-corrected chi connectivity index (χ3v) is 8.85. The molecule has 0 amide bonds. The zero-order valence-corrected chi connectivity index (χ0v) is 26.3. The molecule has 0 unspecified atom stereocenters. The number of hydrogen-bond donors (Lipinski definition) is 0. The van der Waals surface area contributed by atoms with Crippen molar-refractivity contribution in [3.8, 4) is 0 Å². The topological polar surface area (TPSA) is 57.2 Å². The van der Waals surface area contributed by atoms with E-state index in [9.17, 15) is 13.0 Å². The number of nitrogens with zero attached hydrogens (tertiary/aromatic N) is 1. The van der Waals surface area contributed by atoms with Crippen molar-refractivity contribution >= 4 is 10.1 Å². The first-order chi connectivity index (χ1) is 18.8. The van der Waals surface area contributed by atoms with Gasteiger partial charge in [-0.15, -0.1) is 0 Å². The van der Waals surface area contributed by atoms with Gasteiger partial charge in [0.15, 0.2) is 0 Å². The Hall–Kier alpha value is -1.69. The van der Waals surface area contributed by atoms with Gasteiger partial charge in [0.25, 0.3) is 0 Å². The highest BCUT2D eigenvalue weighted by molar-refractivity contribution is 7.85. The molecule has 0 heterocycles. The van der Waals surface area contributed by atoms with Crippen LogP contribution in [-0.4, -0.2) is 37.1 Å². The maximum atomic E-state index is 10.4. The van der Waals surface area contributed by atoms with Crippen molar-refractivity contribution in [2.45, 2.75) is 129 Å². The van der Waals surface area contributed by atoms with Crippen LogP contribution < -0.4 is 0 Å². The highest BCUT2D eigenvalue weighted by Crippen LogP contribution is 2.18. The summed E-state index contributed by atoms with van der Waals surface area (Å²) in [5.74, 6) is 0. The summed E-state index contributed by atoms with van der Waals surface area (Å²) >= 11 is 0. The van der Waals surface area contributed by atoms with Crippen molar-refractivity contribution in [1.29, 1.82) is 0 Å². The van der Waals surface area contributed by atoms with Gasteiger partial charge in [0.05, 0.1) is 24.5 Å². The van der Waals surface area contributed by atoms with Crippen LogP contribution in [0.2, 0.25) is 0 Å². The Labute approximate surface area is 241 Å². The van der Waals surface area contributed by atoms with Crippen molar-refractivity contribution in [2.24, 2.45) is 0 Å². The number of unbranched alkanes of at least 4 members (excludes halogenated alkanes) is 13. The molecule has 0 saturated carbocycles. The minimum absolute atomic E-state index is 0.178. The summed E-state index contributed by atoms with van der Waals surface area (Å²) in [5.41, 5.74) is 2.42. The predicted octanol–water partition coefficient (Wildman–Crippen LogP) is 9.42. The first-order valence-corrected chi connectivity index (χ1v) is 17.1. The van der Waals surface area contributed by atoms with Gasteiger partial charge in [0.1, 0.15) is 16.7 Å². The standard InChI is InChI=1S/C27H50N.C7H8O3S/c1-4-7-8-9-10-11-12-13-14-15-16-17-18-22-25-28(5-2,6-3)26-27-23-20-19-21-24-27;1-6-2-4-7(5-3-6)11(8,9)10/h19-21,23-24H,4-18,22,25-26H2,1-3H3;2-5H,1H3,(H,8,9,10)/q+1;/p-1. The third kappa shape index (κ3) is 16.9. The fraction of sp³-hybridized carbons (Fsp3) is 0.647. The second-order valence-corrected chi connectivity index (χ2v) is 12.6. The molecule has 4 nitrogen and oxygen atoms in total. The van der Waals surface area contributed by atoms with Gasteiger partial charge < -0.3 is 9.04 Å². The first kappa shape index (κ1) is 35.3. The maximum Gasteiger partial charge on any atom is 0.124 e. The zero-order chi connectivity index (χ0) is 28.8. The van der Waals surface area contributed by atoms with Crippen molar-refractivity contribution in [1.82, 2.24) is 0 Å². The Morgan fingerprint density at radius 3 is 1.46 bits per heavy atom. The summed E-state index contributed by atoms with van der Waals surface area (Å²) in [5, 5.41) is 0. The summed E-state index contributed by atoms with van der Waals surface area (Å²) in [6.07, 6.45) is 20.2. The van der Waals surface area contributed by atoms with E-state index in [2.05, 4.69) is 51.1 Å². The fourth-order valence-corrected chi connectivity index (χ4v) is 5.63. The Morgan fingerprint density at radius 1 is 0.615 bits per heavy atom. The van der Waals surface area contributed by atoms with Gasteiger partial charge in [-0.2, -0.15) is 0 Å². The molecule has 0 N–H and O–H groups in total. The highest BCUT2D eigenvalue weighted by atomic mass is 32.2. The third-order valence-electron chi connectivity index (χ3n) is 8.00. The number of hydrogen-bond acceptors (Lipinski definition) is 3. The van der Waals surface area contributed by atoms with Crippen LogP contribution >= 0.6 is 0 Å². The molecule has 0 aliphatic carbocycles. The molecule has 0 atom stereocenters. The highest BCUT2D eigenvalue weighted by Gasteiger charge is 2.22. The van der Waals surface area contributed by atoms with E-state index in [-0.39, 0.29) is 4.90 Å². The van der Waals surface area contributed by atoms with Gasteiger partial charge in [0, 0.05) is 5.56 Å². The molecule has 2 aromatic rings. The largest absolute Gasteiger partial charge is 0.744 e. The molecule has 39 heavy (non-hydrogen) atoms. The van der Waals surface area contributed by atoms with Crippen LogP contribution in [0.4, 0.5) is 0 Å². The monoisotopic (exact) mass is 559 g/mol. The molecule has 0 radical (unpaired) electrons. The lowest BCUT2D eigenvalue weighted by Crippen LogP contribution is -2.47. The van der Waals surface area contributed by atoms with Crippen molar-refractivity contribution in [3.63, 3.8) is 0 Å². The number of rotatable bonds is 20. The van der Waals surface area contributed by atoms with E-state index in [1.165, 1.54) is 138 Å². The summed E-state index contributed by atoms with van der Waals surface area (Å²) in [6.45, 7) is 13.9. The summed E-state index contributed by atoms with van der Waals surface area (Å²) < 4.78 is 32.4. The molecule has 0 saturated heterocycles. The SMILES string of the molecule is CCCCCCCCCCCCCCCC[N+](CC)(CC)Cc1ccccc1.Cc1ccc(S(=O)(=O)[O-])cc1. The van der Waals surface area contributed by atoms with Crippen molar-refractivity contribution in [2.75, 3.05) is 19.6 Å². The smallest absolute Gasteiger partial charge is 0.124 e. The molecule has 0 spiro atoms. The Morgan fingerprint density at radius 2 is 1.05 bits per heavy atom. The first-order valence-electron chi connectivity index (χ1n) is 15.7. The van der Waals surface area contributed by atoms with Gasteiger partial charge >= 0.3 is 0 Å². The second kappa shape index (κ2) is 21.1. The summed E-state index contributed by atoms with van der Waals surface area (Å²) in [6, 6.07) is 16.9. The van der Waals surface area contributed by atoms with E-state index in [1.807, 2.05) is 6.92 Å². The van der Waals surface area contributed by atoms with E-state index in [0.717, 1.165) is 5.56 Å². The number of quaternary nitrogens is 1. The van der Waals surface area contributed by atoms with E-state index in [4.69, 9.17) is 0 Å². The molecule has 0 aliphatic rings.